The molecule has 1 N–H and O–H groups in total. The molecule has 1 unspecified atom stereocenters. The zero-order valence-corrected chi connectivity index (χ0v) is 17.7. The van der Waals surface area contributed by atoms with Gasteiger partial charge in [-0.3, -0.25) is 9.59 Å². The van der Waals surface area contributed by atoms with Crippen molar-refractivity contribution in [2.45, 2.75) is 44.1 Å². The molecule has 154 valence electrons. The van der Waals surface area contributed by atoms with E-state index in [-0.39, 0.29) is 18.2 Å². The van der Waals surface area contributed by atoms with E-state index in [4.69, 9.17) is 4.74 Å². The molecule has 2 aromatic carbocycles. The van der Waals surface area contributed by atoms with E-state index in [1.807, 2.05) is 75.5 Å². The van der Waals surface area contributed by atoms with Crippen LogP contribution in [0.5, 0.6) is 0 Å². The lowest BCUT2D eigenvalue weighted by molar-refractivity contribution is -0.125. The number of nitrogens with zero attached hydrogens (tertiary/aromatic N) is 1. The summed E-state index contributed by atoms with van der Waals surface area (Å²) < 4.78 is 5.37. The quantitative estimate of drug-likeness (QED) is 0.746. The summed E-state index contributed by atoms with van der Waals surface area (Å²) in [6.45, 7) is 4.28. The Bertz CT molecular complexity index is 879. The molecule has 0 saturated carbocycles. The van der Waals surface area contributed by atoms with E-state index in [0.717, 1.165) is 16.8 Å². The lowest BCUT2D eigenvalue weighted by atomic mass is 9.73. The highest BCUT2D eigenvalue weighted by molar-refractivity contribution is 6.08. The maximum atomic E-state index is 13.4. The molecule has 2 amide bonds. The molecule has 5 nitrogen and oxygen atoms in total. The Morgan fingerprint density at radius 3 is 2.45 bits per heavy atom. The van der Waals surface area contributed by atoms with E-state index >= 15 is 0 Å². The van der Waals surface area contributed by atoms with Crippen LogP contribution in [0.2, 0.25) is 0 Å². The number of hydrogen-bond acceptors (Lipinski definition) is 3. The number of likely N-dealkylation sites (N-methyl/N-ethyl adjacent to an activating group) is 1. The van der Waals surface area contributed by atoms with E-state index in [9.17, 15) is 9.59 Å². The second kappa shape index (κ2) is 8.37. The fourth-order valence-corrected chi connectivity index (χ4v) is 3.96. The number of para-hydroxylation sites is 1. The number of carbonyl (C=O) groups excluding carboxylic acids is 2. The maximum Gasteiger partial charge on any atom is 0.237 e. The largest absolute Gasteiger partial charge is 0.377 e. The van der Waals surface area contributed by atoms with Gasteiger partial charge in [0.05, 0.1) is 11.0 Å². The average Bonchev–Trinajstić information content (AvgIpc) is 2.94. The van der Waals surface area contributed by atoms with Gasteiger partial charge in [0.25, 0.3) is 0 Å². The number of carbonyl (C=O) groups is 2. The van der Waals surface area contributed by atoms with E-state index in [1.54, 1.807) is 12.0 Å². The molecule has 3 rings (SSSR count). The summed E-state index contributed by atoms with van der Waals surface area (Å²) in [7, 11) is 3.44. The molecule has 1 aliphatic heterocycles. The summed E-state index contributed by atoms with van der Waals surface area (Å²) in [4.78, 5) is 27.7. The zero-order chi connectivity index (χ0) is 21.1. The number of fused-ring (bicyclic) bond motifs is 1. The molecular formula is C24H30N2O3. The number of ether oxygens (including phenoxy) is 1. The highest BCUT2D eigenvalue weighted by Crippen LogP contribution is 2.46. The van der Waals surface area contributed by atoms with Gasteiger partial charge in [-0.25, -0.2) is 0 Å². The van der Waals surface area contributed by atoms with E-state index < -0.39 is 11.0 Å². The Morgan fingerprint density at radius 2 is 1.76 bits per heavy atom. The first-order valence-electron chi connectivity index (χ1n) is 10.0. The van der Waals surface area contributed by atoms with Crippen molar-refractivity contribution in [3.8, 4) is 0 Å². The van der Waals surface area contributed by atoms with Crippen LogP contribution >= 0.6 is 0 Å². The van der Waals surface area contributed by atoms with Crippen LogP contribution in [0.1, 0.15) is 37.8 Å². The van der Waals surface area contributed by atoms with Gasteiger partial charge in [0.15, 0.2) is 0 Å². The van der Waals surface area contributed by atoms with Gasteiger partial charge >= 0.3 is 0 Å². The topological polar surface area (TPSA) is 58.6 Å². The molecule has 0 saturated heterocycles. The standard InChI is InChI=1S/C24H30N2O3/c1-23(2,29-4)17-25-21(27)14-15-24(16-18-10-6-5-7-11-18)19-12-8-9-13-20(19)26(3)22(24)28/h5-13H,14-17H2,1-4H3,(H,25,27). The molecule has 0 aliphatic carbocycles. The van der Waals surface area contributed by atoms with Gasteiger partial charge in [0, 0.05) is 32.8 Å². The number of nitrogens with one attached hydrogen (secondary N) is 1. The minimum absolute atomic E-state index is 0.0487. The average molecular weight is 395 g/mol. The first-order chi connectivity index (χ1) is 13.8. The fraction of sp³-hybridized carbons (Fsp3) is 0.417. The normalized spacial score (nSPS) is 18.6. The van der Waals surface area contributed by atoms with Crippen LogP contribution in [0.25, 0.3) is 0 Å². The van der Waals surface area contributed by atoms with Crippen molar-refractivity contribution in [3.63, 3.8) is 0 Å². The third-order valence-corrected chi connectivity index (χ3v) is 5.89. The molecular weight excluding hydrogens is 364 g/mol. The van der Waals surface area contributed by atoms with Crippen molar-refractivity contribution in [3.05, 3.63) is 65.7 Å². The highest BCUT2D eigenvalue weighted by atomic mass is 16.5. The molecule has 1 aliphatic rings. The van der Waals surface area contributed by atoms with Crippen molar-refractivity contribution in [1.82, 2.24) is 5.32 Å². The lowest BCUT2D eigenvalue weighted by Gasteiger charge is -2.29. The highest BCUT2D eigenvalue weighted by Gasteiger charge is 2.49. The molecule has 0 fully saturated rings. The van der Waals surface area contributed by atoms with Gasteiger partial charge in [-0.1, -0.05) is 48.5 Å². The van der Waals surface area contributed by atoms with Gasteiger partial charge in [0.1, 0.15) is 0 Å². The van der Waals surface area contributed by atoms with Crippen LogP contribution < -0.4 is 10.2 Å². The summed E-state index contributed by atoms with van der Waals surface area (Å²) in [6, 6.07) is 17.9. The van der Waals surface area contributed by atoms with E-state index in [1.165, 1.54) is 0 Å². The summed E-state index contributed by atoms with van der Waals surface area (Å²) in [5.74, 6) is -0.0185. The first kappa shape index (κ1) is 21.1. The molecule has 0 radical (unpaired) electrons. The number of amides is 2. The van der Waals surface area contributed by atoms with Crippen molar-refractivity contribution in [2.24, 2.45) is 0 Å². The van der Waals surface area contributed by atoms with Crippen LogP contribution in [0.15, 0.2) is 54.6 Å². The lowest BCUT2D eigenvalue weighted by Crippen LogP contribution is -2.43. The molecule has 0 bridgehead atoms. The number of rotatable bonds is 8. The predicted octanol–water partition coefficient (Wildman–Crippen LogP) is 3.46. The summed E-state index contributed by atoms with van der Waals surface area (Å²) in [5, 5.41) is 2.94. The van der Waals surface area contributed by atoms with Gasteiger partial charge in [-0.15, -0.1) is 0 Å². The summed E-state index contributed by atoms with van der Waals surface area (Å²) in [5.41, 5.74) is 1.86. The Morgan fingerprint density at radius 1 is 1.10 bits per heavy atom. The van der Waals surface area contributed by atoms with Gasteiger partial charge in [0.2, 0.25) is 11.8 Å². The Kier molecular flexibility index (Phi) is 6.08. The Hall–Kier alpha value is -2.66. The second-order valence-electron chi connectivity index (χ2n) is 8.37. The summed E-state index contributed by atoms with van der Waals surface area (Å²) in [6.07, 6.45) is 1.31. The van der Waals surface area contributed by atoms with Crippen molar-refractivity contribution in [2.75, 3.05) is 25.6 Å². The Balaban J connectivity index is 1.85. The second-order valence-corrected chi connectivity index (χ2v) is 8.37. The molecule has 2 aromatic rings. The minimum atomic E-state index is -0.735. The van der Waals surface area contributed by atoms with Crippen molar-refractivity contribution in [1.29, 1.82) is 0 Å². The molecule has 1 heterocycles. The van der Waals surface area contributed by atoms with E-state index in [0.29, 0.717) is 19.4 Å². The van der Waals surface area contributed by atoms with Crippen LogP contribution in [-0.2, 0) is 26.2 Å². The number of methoxy groups -OCH3 is 1. The summed E-state index contributed by atoms with van der Waals surface area (Å²) >= 11 is 0. The third-order valence-electron chi connectivity index (χ3n) is 5.89. The van der Waals surface area contributed by atoms with Crippen molar-refractivity contribution < 1.29 is 14.3 Å². The van der Waals surface area contributed by atoms with Crippen LogP contribution in [0.3, 0.4) is 0 Å². The number of anilines is 1. The molecule has 29 heavy (non-hydrogen) atoms. The van der Waals surface area contributed by atoms with Crippen LogP contribution in [-0.4, -0.2) is 38.1 Å². The smallest absolute Gasteiger partial charge is 0.237 e. The van der Waals surface area contributed by atoms with Crippen molar-refractivity contribution >= 4 is 17.5 Å². The van der Waals surface area contributed by atoms with E-state index in [2.05, 4.69) is 5.32 Å². The molecule has 0 aromatic heterocycles. The van der Waals surface area contributed by atoms with Gasteiger partial charge < -0.3 is 15.0 Å². The SMILES string of the molecule is COC(C)(C)CNC(=O)CCC1(Cc2ccccc2)C(=O)N(C)c2ccccc21. The number of hydrogen-bond donors (Lipinski definition) is 1. The zero-order valence-electron chi connectivity index (χ0n) is 17.7. The third kappa shape index (κ3) is 4.35. The monoisotopic (exact) mass is 394 g/mol. The Labute approximate surface area is 173 Å². The molecule has 5 heteroatoms. The van der Waals surface area contributed by atoms with Gasteiger partial charge in [-0.05, 0) is 43.9 Å². The maximum absolute atomic E-state index is 13.4. The van der Waals surface area contributed by atoms with Crippen LogP contribution in [0, 0.1) is 0 Å². The molecule has 1 atom stereocenters. The predicted molar refractivity (Wildman–Crippen MR) is 115 cm³/mol. The van der Waals surface area contributed by atoms with Gasteiger partial charge in [-0.2, -0.15) is 0 Å². The first-order valence-corrected chi connectivity index (χ1v) is 10.0. The minimum Gasteiger partial charge on any atom is -0.377 e. The van der Waals surface area contributed by atoms with Crippen LogP contribution in [0.4, 0.5) is 5.69 Å². The fourth-order valence-electron chi connectivity index (χ4n) is 3.96. The molecule has 0 spiro atoms. The number of benzene rings is 2.